The van der Waals surface area contributed by atoms with Crippen LogP contribution in [0.3, 0.4) is 0 Å². The smallest absolute Gasteiger partial charge is 0.240 e. The fourth-order valence-corrected chi connectivity index (χ4v) is 2.92. The van der Waals surface area contributed by atoms with Crippen molar-refractivity contribution in [3.8, 4) is 0 Å². The first-order chi connectivity index (χ1) is 9.63. The van der Waals surface area contributed by atoms with Crippen LogP contribution in [0.5, 0.6) is 0 Å². The van der Waals surface area contributed by atoms with E-state index in [1.54, 1.807) is 7.11 Å². The number of carbonyl (C=O) groups excluding carboxylic acids is 1. The predicted octanol–water partition coefficient (Wildman–Crippen LogP) is 1.24. The quantitative estimate of drug-likeness (QED) is 0.823. The van der Waals surface area contributed by atoms with Crippen molar-refractivity contribution in [1.29, 1.82) is 0 Å². The monoisotopic (exact) mass is 279 g/mol. The summed E-state index contributed by atoms with van der Waals surface area (Å²) >= 11 is 0. The van der Waals surface area contributed by atoms with Gasteiger partial charge >= 0.3 is 0 Å². The Morgan fingerprint density at radius 3 is 3.05 bits per heavy atom. The topological polar surface area (TPSA) is 55.3 Å². The number of methoxy groups -OCH3 is 1. The van der Waals surface area contributed by atoms with Gasteiger partial charge in [-0.15, -0.1) is 0 Å². The zero-order chi connectivity index (χ0) is 14.5. The summed E-state index contributed by atoms with van der Waals surface area (Å²) in [6.07, 6.45) is 7.71. The molecule has 0 saturated heterocycles. The molecule has 5 nitrogen and oxygen atoms in total. The van der Waals surface area contributed by atoms with Crippen LogP contribution in [0.4, 0.5) is 0 Å². The number of carbonyl (C=O) groups is 1. The molecule has 0 fully saturated rings. The van der Waals surface area contributed by atoms with Crippen LogP contribution >= 0.6 is 0 Å². The highest BCUT2D eigenvalue weighted by Crippen LogP contribution is 2.29. The van der Waals surface area contributed by atoms with Gasteiger partial charge in [-0.25, -0.2) is 0 Å². The third kappa shape index (κ3) is 3.61. The lowest BCUT2D eigenvalue weighted by Crippen LogP contribution is -2.37. The van der Waals surface area contributed by atoms with Gasteiger partial charge in [0.25, 0.3) is 0 Å². The molecule has 1 aliphatic carbocycles. The van der Waals surface area contributed by atoms with E-state index in [0.29, 0.717) is 19.2 Å². The number of nitrogens with one attached hydrogen (secondary N) is 2. The second kappa shape index (κ2) is 6.90. The van der Waals surface area contributed by atoms with E-state index in [4.69, 9.17) is 4.74 Å². The third-order valence-electron chi connectivity index (χ3n) is 3.81. The molecular weight excluding hydrogens is 254 g/mol. The number of aryl methyl sites for hydroxylation is 1. The number of rotatable bonds is 6. The number of fused-ring (bicyclic) bond motifs is 1. The number of hydrogen-bond donors (Lipinski definition) is 2. The second-order valence-electron chi connectivity index (χ2n) is 5.57. The molecular formula is C15H25N3O2. The molecule has 1 heterocycles. The summed E-state index contributed by atoms with van der Waals surface area (Å²) in [4.78, 5) is 12.0. The average molecular weight is 279 g/mol. The Bertz CT molecular complexity index is 456. The first-order valence-corrected chi connectivity index (χ1v) is 7.28. The molecule has 2 N–H and O–H groups in total. The van der Waals surface area contributed by atoms with Crippen LogP contribution in [-0.4, -0.2) is 37.3 Å². The van der Waals surface area contributed by atoms with Crippen molar-refractivity contribution in [3.05, 3.63) is 23.5 Å². The van der Waals surface area contributed by atoms with Crippen LogP contribution in [0.25, 0.3) is 0 Å². The summed E-state index contributed by atoms with van der Waals surface area (Å²) in [5.41, 5.74) is 2.71. The van der Waals surface area contributed by atoms with Crippen molar-refractivity contribution in [3.63, 3.8) is 0 Å². The van der Waals surface area contributed by atoms with Crippen LogP contribution in [0.2, 0.25) is 0 Å². The lowest BCUT2D eigenvalue weighted by atomic mass is 9.91. The predicted molar refractivity (Wildman–Crippen MR) is 78.7 cm³/mol. The number of amides is 1. The van der Waals surface area contributed by atoms with Crippen molar-refractivity contribution < 1.29 is 9.53 Å². The molecule has 5 heteroatoms. The fourth-order valence-electron chi connectivity index (χ4n) is 2.92. The average Bonchev–Trinajstić information content (AvgIpc) is 2.80. The van der Waals surface area contributed by atoms with E-state index in [-0.39, 0.29) is 11.9 Å². The van der Waals surface area contributed by atoms with Gasteiger partial charge in [-0.3, -0.25) is 4.79 Å². The van der Waals surface area contributed by atoms with E-state index in [0.717, 1.165) is 6.42 Å². The molecule has 1 amide bonds. The lowest BCUT2D eigenvalue weighted by molar-refractivity contribution is -0.122. The van der Waals surface area contributed by atoms with Gasteiger partial charge < -0.3 is 19.9 Å². The largest absolute Gasteiger partial charge is 0.383 e. The van der Waals surface area contributed by atoms with Crippen LogP contribution in [0.15, 0.2) is 12.4 Å². The zero-order valence-electron chi connectivity index (χ0n) is 12.6. The number of aromatic nitrogens is 1. The summed E-state index contributed by atoms with van der Waals surface area (Å²) in [5.74, 6) is 0.0305. The number of ether oxygens (including phenoxy) is 1. The fraction of sp³-hybridized carbons (Fsp3) is 0.667. The minimum Gasteiger partial charge on any atom is -0.383 e. The molecule has 0 aliphatic heterocycles. The van der Waals surface area contributed by atoms with Crippen LogP contribution in [-0.2, 0) is 22.5 Å². The van der Waals surface area contributed by atoms with Crippen molar-refractivity contribution in [2.45, 2.75) is 44.8 Å². The van der Waals surface area contributed by atoms with Crippen LogP contribution in [0, 0.1) is 0 Å². The molecule has 0 radical (unpaired) electrons. The minimum atomic E-state index is 0.0305. The van der Waals surface area contributed by atoms with E-state index in [2.05, 4.69) is 23.0 Å². The number of nitrogens with zero attached hydrogens (tertiary/aromatic N) is 1. The third-order valence-corrected chi connectivity index (χ3v) is 3.81. The van der Waals surface area contributed by atoms with Crippen molar-refractivity contribution in [1.82, 2.24) is 15.2 Å². The zero-order valence-corrected chi connectivity index (χ0v) is 12.6. The van der Waals surface area contributed by atoms with E-state index in [1.165, 1.54) is 24.0 Å². The van der Waals surface area contributed by atoms with Crippen molar-refractivity contribution >= 4 is 5.91 Å². The summed E-state index contributed by atoms with van der Waals surface area (Å²) < 4.78 is 7.02. The molecule has 0 saturated carbocycles. The summed E-state index contributed by atoms with van der Waals surface area (Å²) in [5, 5.41) is 6.28. The molecule has 1 aliphatic rings. The van der Waals surface area contributed by atoms with Crippen molar-refractivity contribution in [2.24, 2.45) is 0 Å². The minimum absolute atomic E-state index is 0.0305. The van der Waals surface area contributed by atoms with Gasteiger partial charge in [-0.2, -0.15) is 0 Å². The second-order valence-corrected chi connectivity index (χ2v) is 5.57. The standard InChI is InChI=1S/C15H25N3O2/c1-11(10-20-3)17-15(19)9-18-7-12-5-4-6-14(16-2)13(12)8-18/h7-8,11,14,16H,4-6,9-10H2,1-3H3,(H,17,19). The Morgan fingerprint density at radius 1 is 1.55 bits per heavy atom. The lowest BCUT2D eigenvalue weighted by Gasteiger charge is -2.21. The molecule has 2 unspecified atom stereocenters. The van der Waals surface area contributed by atoms with E-state index < -0.39 is 0 Å². The van der Waals surface area contributed by atoms with E-state index >= 15 is 0 Å². The first-order valence-electron chi connectivity index (χ1n) is 7.28. The van der Waals surface area contributed by atoms with Gasteiger partial charge in [0, 0.05) is 31.6 Å². The van der Waals surface area contributed by atoms with Gasteiger partial charge in [0.15, 0.2) is 0 Å². The molecule has 0 aromatic carbocycles. The molecule has 112 valence electrons. The molecule has 1 aromatic heterocycles. The van der Waals surface area contributed by atoms with Gasteiger partial charge in [0.2, 0.25) is 5.91 Å². The normalized spacial score (nSPS) is 19.4. The van der Waals surface area contributed by atoms with Gasteiger partial charge in [-0.1, -0.05) is 0 Å². The van der Waals surface area contributed by atoms with Crippen molar-refractivity contribution in [2.75, 3.05) is 20.8 Å². The maximum Gasteiger partial charge on any atom is 0.240 e. The number of hydrogen-bond acceptors (Lipinski definition) is 3. The molecule has 0 bridgehead atoms. The summed E-state index contributed by atoms with van der Waals surface area (Å²) in [7, 11) is 3.64. The SMILES string of the molecule is CNC1CCCc2cn(CC(=O)NC(C)COC)cc21. The maximum absolute atomic E-state index is 12.0. The maximum atomic E-state index is 12.0. The van der Waals surface area contributed by atoms with Gasteiger partial charge in [0.05, 0.1) is 6.61 Å². The van der Waals surface area contributed by atoms with E-state index in [1.807, 2.05) is 18.5 Å². The molecule has 20 heavy (non-hydrogen) atoms. The Labute approximate surface area is 120 Å². The molecule has 2 atom stereocenters. The highest BCUT2D eigenvalue weighted by Gasteiger charge is 2.21. The highest BCUT2D eigenvalue weighted by molar-refractivity contribution is 5.76. The summed E-state index contributed by atoms with van der Waals surface area (Å²) in [6, 6.07) is 0.471. The Balaban J connectivity index is 1.97. The molecule has 2 rings (SSSR count). The summed E-state index contributed by atoms with van der Waals surface area (Å²) in [6.45, 7) is 2.85. The highest BCUT2D eigenvalue weighted by atomic mass is 16.5. The van der Waals surface area contributed by atoms with E-state index in [9.17, 15) is 4.79 Å². The first kappa shape index (κ1) is 15.1. The molecule has 1 aromatic rings. The molecule has 0 spiro atoms. The Hall–Kier alpha value is -1.33. The Kier molecular flexibility index (Phi) is 5.20. The van der Waals surface area contributed by atoms with Crippen LogP contribution < -0.4 is 10.6 Å². The van der Waals surface area contributed by atoms with Crippen LogP contribution in [0.1, 0.15) is 36.9 Å². The van der Waals surface area contributed by atoms with Gasteiger partial charge in [0.1, 0.15) is 6.54 Å². The Morgan fingerprint density at radius 2 is 2.35 bits per heavy atom. The van der Waals surface area contributed by atoms with Gasteiger partial charge in [-0.05, 0) is 44.4 Å².